The number of anilines is 1. The van der Waals surface area contributed by atoms with Crippen LogP contribution in [0.15, 0.2) is 57.2 Å². The van der Waals surface area contributed by atoms with E-state index >= 15 is 0 Å². The van der Waals surface area contributed by atoms with Gasteiger partial charge in [-0.2, -0.15) is 0 Å². The maximum atomic E-state index is 12.2. The fraction of sp³-hybridized carbons (Fsp3) is 0.111. The van der Waals surface area contributed by atoms with E-state index in [2.05, 4.69) is 20.3 Å². The topological polar surface area (TPSA) is 101 Å². The highest BCUT2D eigenvalue weighted by Gasteiger charge is 2.10. The second-order valence-electron chi connectivity index (χ2n) is 5.68. The van der Waals surface area contributed by atoms with Gasteiger partial charge in [-0.1, -0.05) is 6.07 Å². The van der Waals surface area contributed by atoms with Crippen LogP contribution in [0.2, 0.25) is 0 Å². The predicted molar refractivity (Wildman–Crippen MR) is 98.3 cm³/mol. The predicted octanol–water partition coefficient (Wildman–Crippen LogP) is 2.74. The maximum Gasteiger partial charge on any atom is 0.417 e. The van der Waals surface area contributed by atoms with Crippen LogP contribution >= 0.6 is 11.3 Å². The van der Waals surface area contributed by atoms with Crippen molar-refractivity contribution in [2.45, 2.75) is 12.8 Å². The van der Waals surface area contributed by atoms with Gasteiger partial charge in [0.25, 0.3) is 0 Å². The first kappa shape index (κ1) is 16.2. The van der Waals surface area contributed by atoms with Gasteiger partial charge >= 0.3 is 5.76 Å². The number of carbonyl (C=O) groups is 1. The molecule has 0 aliphatic carbocycles. The molecule has 26 heavy (non-hydrogen) atoms. The quantitative estimate of drug-likeness (QED) is 0.566. The van der Waals surface area contributed by atoms with E-state index in [4.69, 9.17) is 4.42 Å². The van der Waals surface area contributed by atoms with Gasteiger partial charge in [-0.15, -0.1) is 11.3 Å². The molecule has 0 unspecified atom stereocenters. The first-order valence-corrected chi connectivity index (χ1v) is 8.79. The summed E-state index contributed by atoms with van der Waals surface area (Å²) in [5, 5.41) is 5.60. The van der Waals surface area contributed by atoms with Crippen molar-refractivity contribution in [3.8, 4) is 0 Å². The van der Waals surface area contributed by atoms with Crippen LogP contribution in [0.25, 0.3) is 11.1 Å². The van der Waals surface area contributed by atoms with E-state index in [9.17, 15) is 9.59 Å². The number of amides is 1. The van der Waals surface area contributed by atoms with E-state index in [-0.39, 0.29) is 12.3 Å². The molecule has 8 heteroatoms. The summed E-state index contributed by atoms with van der Waals surface area (Å²) in [4.78, 5) is 34.7. The molecule has 0 fully saturated rings. The SMILES string of the molecule is O=C(Cc1csc(Cc2ccccn2)n1)Nc1ccc2oc(=O)[nH]c2c1. The Morgan fingerprint density at radius 3 is 3.00 bits per heavy atom. The molecule has 1 aromatic carbocycles. The minimum absolute atomic E-state index is 0.176. The standard InChI is InChI=1S/C18H14N4O3S/c23-16(20-12-4-5-15-14(7-12)22-18(24)25-15)8-13-10-26-17(21-13)9-11-3-1-2-6-19-11/h1-7,10H,8-9H2,(H,20,23)(H,22,24). The Balaban J connectivity index is 1.40. The van der Waals surface area contributed by atoms with Gasteiger partial charge < -0.3 is 9.73 Å². The number of nitrogens with zero attached hydrogens (tertiary/aromatic N) is 2. The van der Waals surface area contributed by atoms with Crippen LogP contribution in [0.3, 0.4) is 0 Å². The van der Waals surface area contributed by atoms with E-state index < -0.39 is 5.76 Å². The Morgan fingerprint density at radius 1 is 1.23 bits per heavy atom. The molecule has 4 aromatic rings. The van der Waals surface area contributed by atoms with Gasteiger partial charge in [-0.05, 0) is 30.3 Å². The maximum absolute atomic E-state index is 12.2. The number of pyridine rings is 1. The van der Waals surface area contributed by atoms with Crippen LogP contribution in [-0.2, 0) is 17.6 Å². The monoisotopic (exact) mass is 366 g/mol. The number of nitrogens with one attached hydrogen (secondary N) is 2. The Bertz CT molecular complexity index is 1110. The van der Waals surface area contributed by atoms with E-state index in [0.29, 0.717) is 23.2 Å². The normalized spacial score (nSPS) is 10.9. The highest BCUT2D eigenvalue weighted by atomic mass is 32.1. The van der Waals surface area contributed by atoms with Crippen molar-refractivity contribution in [2.75, 3.05) is 5.32 Å². The third kappa shape index (κ3) is 3.70. The molecular weight excluding hydrogens is 352 g/mol. The van der Waals surface area contributed by atoms with E-state index in [1.54, 1.807) is 24.4 Å². The highest BCUT2D eigenvalue weighted by Crippen LogP contribution is 2.17. The lowest BCUT2D eigenvalue weighted by molar-refractivity contribution is -0.115. The number of aromatic amines is 1. The summed E-state index contributed by atoms with van der Waals surface area (Å²) in [7, 11) is 0. The molecule has 0 bridgehead atoms. The number of hydrogen-bond acceptors (Lipinski definition) is 6. The van der Waals surface area contributed by atoms with Gasteiger partial charge in [-0.3, -0.25) is 14.8 Å². The zero-order chi connectivity index (χ0) is 17.9. The Labute approximate surface area is 151 Å². The summed E-state index contributed by atoms with van der Waals surface area (Å²) < 4.78 is 4.94. The fourth-order valence-corrected chi connectivity index (χ4v) is 3.38. The molecule has 3 aromatic heterocycles. The zero-order valence-electron chi connectivity index (χ0n) is 13.6. The summed E-state index contributed by atoms with van der Waals surface area (Å²) >= 11 is 1.51. The summed E-state index contributed by atoms with van der Waals surface area (Å²) in [5.41, 5.74) is 3.24. The molecule has 130 valence electrons. The third-order valence-corrected chi connectivity index (χ3v) is 4.60. The largest absolute Gasteiger partial charge is 0.417 e. The van der Waals surface area contributed by atoms with Crippen molar-refractivity contribution in [1.29, 1.82) is 0 Å². The molecule has 4 rings (SSSR count). The molecule has 0 atom stereocenters. The highest BCUT2D eigenvalue weighted by molar-refractivity contribution is 7.09. The lowest BCUT2D eigenvalue weighted by atomic mass is 10.2. The molecule has 0 spiro atoms. The number of aromatic nitrogens is 3. The van der Waals surface area contributed by atoms with Crippen molar-refractivity contribution in [2.24, 2.45) is 0 Å². The van der Waals surface area contributed by atoms with Gasteiger partial charge in [0.2, 0.25) is 5.91 Å². The summed E-state index contributed by atoms with van der Waals surface area (Å²) in [6.07, 6.45) is 2.58. The van der Waals surface area contributed by atoms with Crippen LogP contribution in [0.5, 0.6) is 0 Å². The number of oxazole rings is 1. The molecule has 3 heterocycles. The minimum Gasteiger partial charge on any atom is -0.408 e. The van der Waals surface area contributed by atoms with Crippen molar-refractivity contribution >= 4 is 34.0 Å². The van der Waals surface area contributed by atoms with Crippen LogP contribution < -0.4 is 11.1 Å². The molecule has 0 saturated carbocycles. The van der Waals surface area contributed by atoms with E-state index in [1.165, 1.54) is 11.3 Å². The average molecular weight is 366 g/mol. The van der Waals surface area contributed by atoms with Crippen molar-refractivity contribution in [3.63, 3.8) is 0 Å². The van der Waals surface area contributed by atoms with E-state index in [0.717, 1.165) is 16.4 Å². The lowest BCUT2D eigenvalue weighted by Crippen LogP contribution is -2.14. The molecule has 1 amide bonds. The lowest BCUT2D eigenvalue weighted by Gasteiger charge is -2.03. The Kier molecular flexibility index (Phi) is 4.32. The summed E-state index contributed by atoms with van der Waals surface area (Å²) in [6, 6.07) is 10.7. The van der Waals surface area contributed by atoms with Crippen molar-refractivity contribution < 1.29 is 9.21 Å². The molecule has 0 aliphatic heterocycles. The Morgan fingerprint density at radius 2 is 2.15 bits per heavy atom. The minimum atomic E-state index is -0.522. The number of rotatable bonds is 5. The molecule has 7 nitrogen and oxygen atoms in total. The van der Waals surface area contributed by atoms with Crippen LogP contribution in [-0.4, -0.2) is 20.9 Å². The number of hydrogen-bond donors (Lipinski definition) is 2. The molecular formula is C18H14N4O3S. The van der Waals surface area contributed by atoms with Gasteiger partial charge in [0.05, 0.1) is 22.6 Å². The summed E-state index contributed by atoms with van der Waals surface area (Å²) in [6.45, 7) is 0. The van der Waals surface area contributed by atoms with Gasteiger partial charge in [0.15, 0.2) is 5.58 Å². The number of carbonyl (C=O) groups excluding carboxylic acids is 1. The first-order valence-electron chi connectivity index (χ1n) is 7.91. The molecule has 2 N–H and O–H groups in total. The third-order valence-electron chi connectivity index (χ3n) is 3.70. The molecule has 0 radical (unpaired) electrons. The van der Waals surface area contributed by atoms with Crippen LogP contribution in [0.1, 0.15) is 16.4 Å². The number of thiazole rings is 1. The second kappa shape index (κ2) is 6.93. The first-order chi connectivity index (χ1) is 12.7. The number of fused-ring (bicyclic) bond motifs is 1. The van der Waals surface area contributed by atoms with Gasteiger partial charge in [-0.25, -0.2) is 9.78 Å². The molecule has 0 saturated heterocycles. The zero-order valence-corrected chi connectivity index (χ0v) is 14.4. The average Bonchev–Trinajstić information content (AvgIpc) is 3.20. The van der Waals surface area contributed by atoms with Crippen LogP contribution in [0, 0.1) is 0 Å². The summed E-state index contributed by atoms with van der Waals surface area (Å²) in [5.74, 6) is -0.698. The molecule has 0 aliphatic rings. The van der Waals surface area contributed by atoms with Gasteiger partial charge in [0.1, 0.15) is 0 Å². The van der Waals surface area contributed by atoms with Gasteiger partial charge in [0, 0.05) is 29.4 Å². The number of H-pyrrole nitrogens is 1. The number of benzene rings is 1. The second-order valence-corrected chi connectivity index (χ2v) is 6.62. The van der Waals surface area contributed by atoms with E-state index in [1.807, 2.05) is 23.6 Å². The smallest absolute Gasteiger partial charge is 0.408 e. The Hall–Kier alpha value is -3.26. The van der Waals surface area contributed by atoms with Crippen LogP contribution in [0.4, 0.5) is 5.69 Å². The van der Waals surface area contributed by atoms with Crippen molar-refractivity contribution in [3.05, 3.63) is 74.9 Å². The fourth-order valence-electron chi connectivity index (χ4n) is 2.57. The van der Waals surface area contributed by atoms with Crippen molar-refractivity contribution in [1.82, 2.24) is 15.0 Å².